The van der Waals surface area contributed by atoms with Gasteiger partial charge in [0.2, 0.25) is 0 Å². The SMILES string of the molecule is CC1(C(=O)Nc2ccccn2)CCCN1C(=O)OCc1ccccc1. The average Bonchev–Trinajstić information content (AvgIpc) is 3.04. The number of rotatable bonds is 4. The Morgan fingerprint density at radius 1 is 1.20 bits per heavy atom. The first-order valence-electron chi connectivity index (χ1n) is 8.30. The monoisotopic (exact) mass is 339 g/mol. The zero-order chi connectivity index (χ0) is 17.7. The highest BCUT2D eigenvalue weighted by Crippen LogP contribution is 2.31. The first-order chi connectivity index (χ1) is 12.1. The van der Waals surface area contributed by atoms with Crippen molar-refractivity contribution in [1.29, 1.82) is 0 Å². The van der Waals surface area contributed by atoms with Crippen molar-refractivity contribution in [2.45, 2.75) is 31.9 Å². The summed E-state index contributed by atoms with van der Waals surface area (Å²) >= 11 is 0. The predicted molar refractivity (Wildman–Crippen MR) is 93.8 cm³/mol. The van der Waals surface area contributed by atoms with E-state index in [-0.39, 0.29) is 12.5 Å². The van der Waals surface area contributed by atoms with Gasteiger partial charge in [0.05, 0.1) is 0 Å². The van der Waals surface area contributed by atoms with Crippen LogP contribution in [0.4, 0.5) is 10.6 Å². The number of benzene rings is 1. The highest BCUT2D eigenvalue weighted by Gasteiger charge is 2.46. The topological polar surface area (TPSA) is 71.5 Å². The van der Waals surface area contributed by atoms with Gasteiger partial charge >= 0.3 is 6.09 Å². The number of carbonyl (C=O) groups is 2. The molecule has 6 heteroatoms. The van der Waals surface area contributed by atoms with Crippen molar-refractivity contribution in [2.24, 2.45) is 0 Å². The summed E-state index contributed by atoms with van der Waals surface area (Å²) in [6, 6.07) is 14.8. The molecule has 0 radical (unpaired) electrons. The number of ether oxygens (including phenoxy) is 1. The molecule has 0 aliphatic carbocycles. The van der Waals surface area contributed by atoms with Crippen LogP contribution < -0.4 is 5.32 Å². The summed E-state index contributed by atoms with van der Waals surface area (Å²) in [5.41, 5.74) is -0.0274. The van der Waals surface area contributed by atoms with E-state index in [1.54, 1.807) is 31.3 Å². The molecule has 2 amide bonds. The van der Waals surface area contributed by atoms with Crippen LogP contribution in [0.1, 0.15) is 25.3 Å². The predicted octanol–water partition coefficient (Wildman–Crippen LogP) is 3.21. The third-order valence-corrected chi connectivity index (χ3v) is 4.46. The number of hydrogen-bond donors (Lipinski definition) is 1. The molecule has 1 fully saturated rings. The van der Waals surface area contributed by atoms with Crippen molar-refractivity contribution >= 4 is 17.8 Å². The molecule has 1 saturated heterocycles. The zero-order valence-electron chi connectivity index (χ0n) is 14.1. The summed E-state index contributed by atoms with van der Waals surface area (Å²) in [7, 11) is 0. The van der Waals surface area contributed by atoms with Crippen LogP contribution in [-0.2, 0) is 16.1 Å². The quantitative estimate of drug-likeness (QED) is 0.928. The molecule has 25 heavy (non-hydrogen) atoms. The number of nitrogens with one attached hydrogen (secondary N) is 1. The molecule has 2 aromatic rings. The molecule has 3 rings (SSSR count). The van der Waals surface area contributed by atoms with Crippen molar-refractivity contribution in [3.05, 3.63) is 60.3 Å². The van der Waals surface area contributed by atoms with E-state index >= 15 is 0 Å². The Hall–Kier alpha value is -2.89. The summed E-state index contributed by atoms with van der Waals surface area (Å²) in [4.78, 5) is 30.8. The van der Waals surface area contributed by atoms with Crippen LogP contribution in [0.25, 0.3) is 0 Å². The van der Waals surface area contributed by atoms with Gasteiger partial charge in [0.1, 0.15) is 18.0 Å². The second-order valence-electron chi connectivity index (χ2n) is 6.24. The lowest BCUT2D eigenvalue weighted by molar-refractivity contribution is -0.125. The lowest BCUT2D eigenvalue weighted by Crippen LogP contribution is -2.53. The molecule has 1 atom stereocenters. The van der Waals surface area contributed by atoms with E-state index in [4.69, 9.17) is 4.74 Å². The number of anilines is 1. The fraction of sp³-hybridized carbons (Fsp3) is 0.316. The molecule has 1 unspecified atom stereocenters. The Morgan fingerprint density at radius 3 is 2.68 bits per heavy atom. The number of hydrogen-bond acceptors (Lipinski definition) is 4. The van der Waals surface area contributed by atoms with Gasteiger partial charge in [-0.05, 0) is 37.5 Å². The van der Waals surface area contributed by atoms with Crippen molar-refractivity contribution in [3.63, 3.8) is 0 Å². The number of aromatic nitrogens is 1. The molecule has 1 aromatic heterocycles. The maximum atomic E-state index is 12.7. The Morgan fingerprint density at radius 2 is 1.96 bits per heavy atom. The molecule has 6 nitrogen and oxygen atoms in total. The summed E-state index contributed by atoms with van der Waals surface area (Å²) in [5.74, 6) is 0.221. The van der Waals surface area contributed by atoms with E-state index in [2.05, 4.69) is 10.3 Å². The van der Waals surface area contributed by atoms with Gasteiger partial charge in [-0.1, -0.05) is 36.4 Å². The number of pyridine rings is 1. The fourth-order valence-electron chi connectivity index (χ4n) is 2.98. The molecule has 1 aliphatic rings. The van der Waals surface area contributed by atoms with Gasteiger partial charge < -0.3 is 10.1 Å². The van der Waals surface area contributed by atoms with Gasteiger partial charge in [-0.25, -0.2) is 9.78 Å². The summed E-state index contributed by atoms with van der Waals surface area (Å²) in [5, 5.41) is 2.78. The van der Waals surface area contributed by atoms with Crippen LogP contribution >= 0.6 is 0 Å². The standard InChI is InChI=1S/C19H21N3O3/c1-19(17(23)21-16-10-5-6-12-20-16)11-7-13-22(19)18(24)25-14-15-8-3-2-4-9-15/h2-6,8-10,12H,7,11,13-14H2,1H3,(H,20,21,23). The van der Waals surface area contributed by atoms with Crippen molar-refractivity contribution in [2.75, 3.05) is 11.9 Å². The van der Waals surface area contributed by atoms with Crippen LogP contribution in [0.3, 0.4) is 0 Å². The van der Waals surface area contributed by atoms with E-state index in [9.17, 15) is 9.59 Å². The molecular formula is C19H21N3O3. The van der Waals surface area contributed by atoms with Gasteiger partial charge in [-0.3, -0.25) is 9.69 Å². The normalized spacial score (nSPS) is 19.5. The second kappa shape index (κ2) is 7.34. The van der Waals surface area contributed by atoms with Crippen LogP contribution in [0.2, 0.25) is 0 Å². The van der Waals surface area contributed by atoms with Gasteiger partial charge in [0.25, 0.3) is 5.91 Å². The summed E-state index contributed by atoms with van der Waals surface area (Å²) < 4.78 is 5.40. The molecule has 130 valence electrons. The zero-order valence-corrected chi connectivity index (χ0v) is 14.1. The average molecular weight is 339 g/mol. The van der Waals surface area contributed by atoms with E-state index in [1.165, 1.54) is 4.90 Å². The number of nitrogens with zero attached hydrogens (tertiary/aromatic N) is 2. The molecule has 1 N–H and O–H groups in total. The molecule has 1 aliphatic heterocycles. The molecule has 2 heterocycles. The van der Waals surface area contributed by atoms with E-state index in [0.717, 1.165) is 12.0 Å². The van der Waals surface area contributed by atoms with E-state index in [1.807, 2.05) is 30.3 Å². The van der Waals surface area contributed by atoms with Gasteiger partial charge in [-0.15, -0.1) is 0 Å². The van der Waals surface area contributed by atoms with Crippen molar-refractivity contribution < 1.29 is 14.3 Å². The lowest BCUT2D eigenvalue weighted by Gasteiger charge is -2.32. The number of amides is 2. The van der Waals surface area contributed by atoms with Crippen LogP contribution in [0.15, 0.2) is 54.7 Å². The van der Waals surface area contributed by atoms with Crippen molar-refractivity contribution in [3.8, 4) is 0 Å². The Bertz CT molecular complexity index is 736. The fourth-order valence-corrected chi connectivity index (χ4v) is 2.98. The molecule has 0 bridgehead atoms. The van der Waals surface area contributed by atoms with Gasteiger partial charge in [0.15, 0.2) is 0 Å². The highest BCUT2D eigenvalue weighted by molar-refractivity contribution is 5.99. The van der Waals surface area contributed by atoms with Gasteiger partial charge in [0, 0.05) is 12.7 Å². The minimum atomic E-state index is -0.939. The van der Waals surface area contributed by atoms with Gasteiger partial charge in [-0.2, -0.15) is 0 Å². The van der Waals surface area contributed by atoms with Crippen LogP contribution in [0, 0.1) is 0 Å². The largest absolute Gasteiger partial charge is 0.445 e. The number of likely N-dealkylation sites (tertiary alicyclic amines) is 1. The third kappa shape index (κ3) is 3.79. The first kappa shape index (κ1) is 17.0. The second-order valence-corrected chi connectivity index (χ2v) is 6.24. The summed E-state index contributed by atoms with van der Waals surface area (Å²) in [6.45, 7) is 2.45. The minimum absolute atomic E-state index is 0.189. The minimum Gasteiger partial charge on any atom is -0.445 e. The van der Waals surface area contributed by atoms with E-state index in [0.29, 0.717) is 18.8 Å². The molecule has 0 spiro atoms. The van der Waals surface area contributed by atoms with Crippen LogP contribution in [-0.4, -0.2) is 34.0 Å². The third-order valence-electron chi connectivity index (χ3n) is 4.46. The maximum absolute atomic E-state index is 12.7. The number of carbonyl (C=O) groups excluding carboxylic acids is 2. The lowest BCUT2D eigenvalue weighted by atomic mass is 9.98. The van der Waals surface area contributed by atoms with Crippen LogP contribution in [0.5, 0.6) is 0 Å². The molecular weight excluding hydrogens is 318 g/mol. The van der Waals surface area contributed by atoms with Crippen molar-refractivity contribution in [1.82, 2.24) is 9.88 Å². The smallest absolute Gasteiger partial charge is 0.410 e. The Kier molecular flexibility index (Phi) is 4.97. The molecule has 1 aromatic carbocycles. The van der Waals surface area contributed by atoms with E-state index < -0.39 is 11.6 Å². The summed E-state index contributed by atoms with van der Waals surface area (Å²) in [6.07, 6.45) is 2.48. The molecule has 0 saturated carbocycles. The Balaban J connectivity index is 1.65. The maximum Gasteiger partial charge on any atom is 0.410 e. The first-order valence-corrected chi connectivity index (χ1v) is 8.30. The highest BCUT2D eigenvalue weighted by atomic mass is 16.6. The Labute approximate surface area is 146 Å².